The lowest BCUT2D eigenvalue weighted by Gasteiger charge is -2.41. The molecule has 1 aliphatic rings. The Balaban J connectivity index is 2.99. The van der Waals surface area contributed by atoms with Gasteiger partial charge >= 0.3 is 0 Å². The summed E-state index contributed by atoms with van der Waals surface area (Å²) < 4.78 is 0. The average molecular weight is 1300 g/mol. The van der Waals surface area contributed by atoms with Crippen molar-refractivity contribution in [2.75, 3.05) is 55.9 Å². The van der Waals surface area contributed by atoms with Gasteiger partial charge in [0.05, 0.1) is 12.6 Å². The summed E-state index contributed by atoms with van der Waals surface area (Å²) in [5.41, 5.74) is 0.780. The first-order valence-electron chi connectivity index (χ1n) is 32.3. The summed E-state index contributed by atoms with van der Waals surface area (Å²) in [5, 5.41) is 23.9. The van der Waals surface area contributed by atoms with E-state index in [9.17, 15) is 38.7 Å². The Morgan fingerprint density at radius 1 is 0.505 bits per heavy atom. The van der Waals surface area contributed by atoms with Crippen LogP contribution < -0.4 is 21.3 Å². The number of aliphatic hydroxyl groups excluding tert-OH is 1. The molecule has 0 bridgehead atoms. The predicted octanol–water partition coefficient (Wildman–Crippen LogP) is 5.06. The molecule has 0 aromatic heterocycles. The van der Waals surface area contributed by atoms with Gasteiger partial charge in [-0.1, -0.05) is 133 Å². The maximum Gasteiger partial charge on any atom is 0.246 e. The van der Waals surface area contributed by atoms with Crippen LogP contribution in [0.2, 0.25) is 5.02 Å². The van der Waals surface area contributed by atoms with Gasteiger partial charge in [0, 0.05) is 54.4 Å². The third-order valence-electron chi connectivity index (χ3n) is 17.0. The van der Waals surface area contributed by atoms with Crippen molar-refractivity contribution in [3.63, 3.8) is 0 Å². The normalized spacial score (nSPS) is 25.9. The number of halogens is 1. The maximum absolute atomic E-state index is 15.3. The van der Waals surface area contributed by atoms with Crippen molar-refractivity contribution in [1.29, 1.82) is 0 Å². The number of nitrogens with one attached hydrogen (secondary N) is 4. The Hall–Kier alpha value is -6.62. The van der Waals surface area contributed by atoms with E-state index in [1.54, 1.807) is 71.9 Å². The average Bonchev–Trinajstić information content (AvgIpc) is 0.888. The lowest BCUT2D eigenvalue weighted by molar-refractivity contribution is -0.157. The largest absolute Gasteiger partial charge is 0.390 e. The van der Waals surface area contributed by atoms with Crippen LogP contribution in [-0.4, -0.2) is 227 Å². The molecule has 1 heterocycles. The Morgan fingerprint density at radius 2 is 0.956 bits per heavy atom. The molecule has 0 radical (unpaired) electrons. The standard InChI is InChI=1S/C67H112ClN11O12/c1-24-48-63(87)73(17)36-53(80)74(18)49(31-37(2)3)60(84)72-54(41(10)11)66(90)75(19)50(32-38(4)5)59(83)69-44(15)58(82)70-45(16)62(86)76(20)51(33-39(6)7)64(88)77(21)52(34-40(8)9)65(89)78(22)55(42(12)13)67(91)79(23)56(61(85)71-48)57(81)43(14)27-25-28-46-29-26-30-47(68)35-46/h25-26,28-30,35,37-45,48-52,54-57,81H,24,27,31-34,36H2,1-23H3,(H,69,83)(H,70,82)(H,71,85)(H,72,84)/b28-25+/t43-,44+,45-,48+,49+,50+,51+,52+,54+,55+,56+,57-/m1/s1. The van der Waals surface area contributed by atoms with E-state index in [2.05, 4.69) is 21.3 Å². The maximum atomic E-state index is 15.3. The smallest absolute Gasteiger partial charge is 0.246 e. The number of amides is 11. The second-order valence-electron chi connectivity index (χ2n) is 27.5. The Kier molecular flexibility index (Phi) is 32.3. The fourth-order valence-corrected chi connectivity index (χ4v) is 11.6. The zero-order chi connectivity index (χ0) is 70.0. The monoisotopic (exact) mass is 1300 g/mol. The van der Waals surface area contributed by atoms with E-state index >= 15 is 19.2 Å². The fraction of sp³-hybridized carbons (Fsp3) is 0.716. The fourth-order valence-electron chi connectivity index (χ4n) is 11.4. The first kappa shape index (κ1) is 80.5. The molecule has 1 saturated heterocycles. The summed E-state index contributed by atoms with van der Waals surface area (Å²) in [5.74, 6) is -10.0. The minimum absolute atomic E-state index is 0.00114. The van der Waals surface area contributed by atoms with E-state index in [1.165, 1.54) is 87.7 Å². The minimum Gasteiger partial charge on any atom is -0.390 e. The van der Waals surface area contributed by atoms with Gasteiger partial charge in [0.15, 0.2) is 0 Å². The third kappa shape index (κ3) is 22.9. The van der Waals surface area contributed by atoms with Gasteiger partial charge in [0.2, 0.25) is 65.0 Å². The van der Waals surface area contributed by atoms with Crippen LogP contribution in [0.4, 0.5) is 0 Å². The van der Waals surface area contributed by atoms with Gasteiger partial charge in [-0.05, 0) is 111 Å². The van der Waals surface area contributed by atoms with Crippen molar-refractivity contribution >= 4 is 82.7 Å². The highest BCUT2D eigenvalue weighted by Crippen LogP contribution is 2.26. The van der Waals surface area contributed by atoms with E-state index in [0.29, 0.717) is 5.02 Å². The number of hydrogen-bond donors (Lipinski definition) is 5. The van der Waals surface area contributed by atoms with Gasteiger partial charge in [-0.15, -0.1) is 0 Å². The number of benzene rings is 1. The van der Waals surface area contributed by atoms with Gasteiger partial charge in [0.25, 0.3) is 0 Å². The number of rotatable bonds is 16. The molecular weight excluding hydrogens is 1190 g/mol. The molecule has 514 valence electrons. The molecule has 5 N–H and O–H groups in total. The molecule has 24 heteroatoms. The van der Waals surface area contributed by atoms with Crippen LogP contribution in [0, 0.1) is 41.4 Å². The number of likely N-dealkylation sites (N-methyl/N-ethyl adjacent to an activating group) is 7. The second kappa shape index (κ2) is 36.6. The molecule has 2 rings (SSSR count). The van der Waals surface area contributed by atoms with E-state index < -0.39 is 156 Å². The highest BCUT2D eigenvalue weighted by Gasteiger charge is 2.46. The van der Waals surface area contributed by atoms with E-state index in [1.807, 2.05) is 61.5 Å². The number of aliphatic hydroxyl groups is 1. The van der Waals surface area contributed by atoms with Crippen LogP contribution in [-0.2, 0) is 52.7 Å². The van der Waals surface area contributed by atoms with E-state index in [0.717, 1.165) is 15.4 Å². The van der Waals surface area contributed by atoms with Gasteiger partial charge in [-0.3, -0.25) is 52.7 Å². The predicted molar refractivity (Wildman–Crippen MR) is 354 cm³/mol. The lowest BCUT2D eigenvalue weighted by atomic mass is 9.91. The number of carbonyl (C=O) groups excluding carboxylic acids is 11. The summed E-state index contributed by atoms with van der Waals surface area (Å²) in [6, 6.07) is -5.44. The molecule has 1 fully saturated rings. The summed E-state index contributed by atoms with van der Waals surface area (Å²) in [4.78, 5) is 170. The van der Waals surface area contributed by atoms with Crippen molar-refractivity contribution < 1.29 is 57.8 Å². The lowest BCUT2D eigenvalue weighted by Crippen LogP contribution is -2.63. The van der Waals surface area contributed by atoms with Gasteiger partial charge in [0.1, 0.15) is 60.4 Å². The molecule has 1 aliphatic heterocycles. The van der Waals surface area contributed by atoms with E-state index in [4.69, 9.17) is 11.6 Å². The zero-order valence-electron chi connectivity index (χ0n) is 58.8. The molecule has 0 aliphatic carbocycles. The highest BCUT2D eigenvalue weighted by atomic mass is 35.5. The Bertz CT molecular complexity index is 2700. The summed E-state index contributed by atoms with van der Waals surface area (Å²) in [7, 11) is 9.89. The van der Waals surface area contributed by atoms with Gasteiger partial charge in [-0.2, -0.15) is 0 Å². The molecule has 1 aromatic rings. The molecule has 12 atom stereocenters. The molecule has 0 spiro atoms. The Labute approximate surface area is 547 Å². The first-order chi connectivity index (χ1) is 42.1. The van der Waals surface area contributed by atoms with Crippen LogP contribution in [0.3, 0.4) is 0 Å². The van der Waals surface area contributed by atoms with Crippen LogP contribution in [0.25, 0.3) is 6.08 Å². The van der Waals surface area contributed by atoms with Crippen molar-refractivity contribution in [3.8, 4) is 0 Å². The minimum atomic E-state index is -1.67. The molecule has 0 unspecified atom stereocenters. The zero-order valence-corrected chi connectivity index (χ0v) is 59.5. The highest BCUT2D eigenvalue weighted by molar-refractivity contribution is 6.30. The Morgan fingerprint density at radius 3 is 1.44 bits per heavy atom. The van der Waals surface area contributed by atoms with Crippen molar-refractivity contribution in [2.24, 2.45) is 41.4 Å². The number of carbonyl (C=O) groups is 11. The van der Waals surface area contributed by atoms with E-state index in [-0.39, 0.29) is 62.2 Å². The number of nitrogens with zero attached hydrogens (tertiary/aromatic N) is 7. The van der Waals surface area contributed by atoms with Crippen LogP contribution in [0.15, 0.2) is 30.3 Å². The molecule has 0 saturated carbocycles. The van der Waals surface area contributed by atoms with Gasteiger partial charge < -0.3 is 60.7 Å². The topological polar surface area (TPSA) is 279 Å². The van der Waals surface area contributed by atoms with Crippen molar-refractivity contribution in [1.82, 2.24) is 55.6 Å². The SMILES string of the molecule is CC[C@@H]1NC(=O)[C@H]([C@H](O)[C@H](C)C/C=C/c2cccc(Cl)c2)N(C)C(=O)[C@H](C(C)C)N(C)C(=O)[C@H](CC(C)C)N(C)C(=O)[C@H](CC(C)C)N(C)C(=O)[C@@H](C)NC(=O)[C@H](C)NC(=O)[C@H](CC(C)C)N(C)C(=O)[C@H](C(C)C)NC(=O)[C@H](CC(C)C)N(C)C(=O)CN(C)C1=O. The molecule has 23 nitrogen and oxygen atoms in total. The molecule has 11 amide bonds. The van der Waals surface area contributed by atoms with Crippen LogP contribution in [0.5, 0.6) is 0 Å². The number of allylic oxidation sites excluding steroid dienone is 1. The van der Waals surface area contributed by atoms with Crippen molar-refractivity contribution in [3.05, 3.63) is 40.9 Å². The summed E-state index contributed by atoms with van der Waals surface area (Å²) in [6.07, 6.45) is 2.81. The summed E-state index contributed by atoms with van der Waals surface area (Å²) in [6.45, 7) is 27.5. The third-order valence-corrected chi connectivity index (χ3v) is 17.2. The molecule has 91 heavy (non-hydrogen) atoms. The number of hydrogen-bond acceptors (Lipinski definition) is 12. The first-order valence-corrected chi connectivity index (χ1v) is 32.7. The van der Waals surface area contributed by atoms with Crippen LogP contribution >= 0.6 is 11.6 Å². The molecular formula is C67H112ClN11O12. The van der Waals surface area contributed by atoms with Crippen LogP contribution in [0.1, 0.15) is 155 Å². The quantitative estimate of drug-likeness (QED) is 0.145. The van der Waals surface area contributed by atoms with Gasteiger partial charge in [-0.25, -0.2) is 0 Å². The van der Waals surface area contributed by atoms with Crippen molar-refractivity contribution in [2.45, 2.75) is 216 Å². The summed E-state index contributed by atoms with van der Waals surface area (Å²) >= 11 is 6.25. The molecule has 1 aromatic carbocycles. The second-order valence-corrected chi connectivity index (χ2v) is 27.9.